The first-order valence-electron chi connectivity index (χ1n) is 6.07. The first-order valence-corrected chi connectivity index (χ1v) is 6.86. The quantitative estimate of drug-likeness (QED) is 0.853. The van der Waals surface area contributed by atoms with Crippen LogP contribution in [0.4, 0.5) is 5.69 Å². The summed E-state index contributed by atoms with van der Waals surface area (Å²) in [5, 5.41) is 9.53. The lowest BCUT2D eigenvalue weighted by molar-refractivity contribution is 0.0993. The van der Waals surface area contributed by atoms with Crippen LogP contribution >= 0.6 is 23.8 Å². The number of anilines is 1. The van der Waals surface area contributed by atoms with Gasteiger partial charge in [0.05, 0.1) is 10.7 Å². The maximum Gasteiger partial charge on any atom is 0.258 e. The number of amides is 1. The van der Waals surface area contributed by atoms with Crippen molar-refractivity contribution in [2.75, 3.05) is 11.9 Å². The molecule has 1 amide bonds. The summed E-state index contributed by atoms with van der Waals surface area (Å²) >= 11 is 10.8. The molecule has 0 bridgehead atoms. The Kier molecular flexibility index (Phi) is 4.45. The molecule has 0 aliphatic rings. The van der Waals surface area contributed by atoms with Crippen LogP contribution in [0.15, 0.2) is 42.5 Å². The monoisotopic (exact) mass is 320 g/mol. The minimum Gasteiger partial charge on any atom is -0.506 e. The van der Waals surface area contributed by atoms with Gasteiger partial charge in [-0.25, -0.2) is 0 Å². The van der Waals surface area contributed by atoms with Crippen molar-refractivity contribution in [3.8, 4) is 5.75 Å². The highest BCUT2D eigenvalue weighted by atomic mass is 35.5. The molecule has 0 aromatic heterocycles. The van der Waals surface area contributed by atoms with E-state index in [0.29, 0.717) is 16.8 Å². The number of hydrogen-bond donors (Lipinski definition) is 2. The molecule has 21 heavy (non-hydrogen) atoms. The molecule has 2 aromatic carbocycles. The largest absolute Gasteiger partial charge is 0.506 e. The number of phenolic OH excluding ortho intramolecular Hbond substituents is 1. The molecule has 0 heterocycles. The van der Waals surface area contributed by atoms with E-state index in [1.54, 1.807) is 31.3 Å². The molecule has 0 radical (unpaired) electrons. The molecule has 0 saturated heterocycles. The molecule has 0 spiro atoms. The number of nitrogens with two attached hydrogens (primary N) is 1. The van der Waals surface area contributed by atoms with Gasteiger partial charge in [0, 0.05) is 18.2 Å². The number of halogens is 1. The standard InChI is InChI=1S/C15H13ClN2O2S/c1-18(12-5-3-2-4-10(12)14(17)21)15(20)9-6-7-13(19)11(16)8-9/h2-8,19H,1H3,(H2,17,21). The van der Waals surface area contributed by atoms with Gasteiger partial charge < -0.3 is 15.7 Å². The highest BCUT2D eigenvalue weighted by molar-refractivity contribution is 7.80. The summed E-state index contributed by atoms with van der Waals surface area (Å²) in [5.41, 5.74) is 7.26. The van der Waals surface area contributed by atoms with Gasteiger partial charge in [0.2, 0.25) is 0 Å². The SMILES string of the molecule is CN(C(=O)c1ccc(O)c(Cl)c1)c1ccccc1C(N)=S. The van der Waals surface area contributed by atoms with Gasteiger partial charge >= 0.3 is 0 Å². The summed E-state index contributed by atoms with van der Waals surface area (Å²) < 4.78 is 0. The average Bonchev–Trinajstić information content (AvgIpc) is 2.48. The van der Waals surface area contributed by atoms with E-state index in [4.69, 9.17) is 29.6 Å². The first-order chi connectivity index (χ1) is 9.91. The van der Waals surface area contributed by atoms with E-state index in [9.17, 15) is 9.90 Å². The van der Waals surface area contributed by atoms with E-state index in [0.717, 1.165) is 0 Å². The summed E-state index contributed by atoms with van der Waals surface area (Å²) in [6.45, 7) is 0. The lowest BCUT2D eigenvalue weighted by Gasteiger charge is -2.20. The van der Waals surface area contributed by atoms with Crippen LogP contribution in [0.3, 0.4) is 0 Å². The number of aromatic hydroxyl groups is 1. The number of nitrogens with zero attached hydrogens (tertiary/aromatic N) is 1. The minimum atomic E-state index is -0.277. The molecule has 2 rings (SSSR count). The molecular formula is C15H13ClN2O2S. The molecule has 0 fully saturated rings. The van der Waals surface area contributed by atoms with Crippen LogP contribution < -0.4 is 10.6 Å². The fourth-order valence-electron chi connectivity index (χ4n) is 1.92. The van der Waals surface area contributed by atoms with E-state index in [2.05, 4.69) is 0 Å². The van der Waals surface area contributed by atoms with Gasteiger partial charge in [-0.15, -0.1) is 0 Å². The molecule has 0 aliphatic carbocycles. The summed E-state index contributed by atoms with van der Waals surface area (Å²) in [7, 11) is 1.63. The van der Waals surface area contributed by atoms with Crippen LogP contribution in [0.5, 0.6) is 5.75 Å². The van der Waals surface area contributed by atoms with Crippen molar-refractivity contribution in [2.24, 2.45) is 5.73 Å². The molecule has 0 saturated carbocycles. The number of phenols is 1. The predicted molar refractivity (Wildman–Crippen MR) is 88.2 cm³/mol. The summed E-state index contributed by atoms with van der Waals surface area (Å²) in [6, 6.07) is 11.4. The molecule has 3 N–H and O–H groups in total. The molecule has 0 atom stereocenters. The lowest BCUT2D eigenvalue weighted by atomic mass is 10.1. The van der Waals surface area contributed by atoms with Crippen LogP contribution in [0, 0.1) is 0 Å². The van der Waals surface area contributed by atoms with Crippen molar-refractivity contribution in [3.05, 3.63) is 58.6 Å². The Morgan fingerprint density at radius 3 is 2.57 bits per heavy atom. The fourth-order valence-corrected chi connectivity index (χ4v) is 2.27. The minimum absolute atomic E-state index is 0.0700. The normalized spacial score (nSPS) is 10.2. The van der Waals surface area contributed by atoms with Gasteiger partial charge in [-0.1, -0.05) is 36.0 Å². The average molecular weight is 321 g/mol. The van der Waals surface area contributed by atoms with Gasteiger partial charge in [0.25, 0.3) is 5.91 Å². The van der Waals surface area contributed by atoms with Crippen LogP contribution in [0.25, 0.3) is 0 Å². The summed E-state index contributed by atoms with van der Waals surface area (Å²) in [6.07, 6.45) is 0. The van der Waals surface area contributed by atoms with Crippen LogP contribution in [-0.2, 0) is 0 Å². The van der Waals surface area contributed by atoms with Crippen molar-refractivity contribution in [2.45, 2.75) is 0 Å². The molecule has 108 valence electrons. The van der Waals surface area contributed by atoms with Crippen molar-refractivity contribution in [1.82, 2.24) is 0 Å². The van der Waals surface area contributed by atoms with Crippen LogP contribution in [0.2, 0.25) is 5.02 Å². The first kappa shape index (κ1) is 15.3. The number of hydrogen-bond acceptors (Lipinski definition) is 3. The van der Waals surface area contributed by atoms with E-state index < -0.39 is 0 Å². The Morgan fingerprint density at radius 2 is 1.95 bits per heavy atom. The summed E-state index contributed by atoms with van der Waals surface area (Å²) in [4.78, 5) is 14.1. The Morgan fingerprint density at radius 1 is 1.29 bits per heavy atom. The maximum atomic E-state index is 12.5. The second kappa shape index (κ2) is 6.11. The van der Waals surface area contributed by atoms with Gasteiger partial charge in [-0.2, -0.15) is 0 Å². The zero-order chi connectivity index (χ0) is 15.6. The molecule has 4 nitrogen and oxygen atoms in total. The molecule has 0 aliphatic heterocycles. The number of para-hydroxylation sites is 1. The fraction of sp³-hybridized carbons (Fsp3) is 0.0667. The van der Waals surface area contributed by atoms with Crippen molar-refractivity contribution < 1.29 is 9.90 Å². The van der Waals surface area contributed by atoms with E-state index >= 15 is 0 Å². The Bertz CT molecular complexity index is 719. The number of carbonyl (C=O) groups is 1. The van der Waals surface area contributed by atoms with Gasteiger partial charge in [0.15, 0.2) is 0 Å². The molecular weight excluding hydrogens is 308 g/mol. The molecule has 0 unspecified atom stereocenters. The number of benzene rings is 2. The highest BCUT2D eigenvalue weighted by Gasteiger charge is 2.18. The maximum absolute atomic E-state index is 12.5. The highest BCUT2D eigenvalue weighted by Crippen LogP contribution is 2.26. The third-order valence-electron chi connectivity index (χ3n) is 3.03. The Hall–Kier alpha value is -2.11. The van der Waals surface area contributed by atoms with Crippen molar-refractivity contribution >= 4 is 40.4 Å². The van der Waals surface area contributed by atoms with Gasteiger partial charge in [-0.05, 0) is 30.3 Å². The van der Waals surface area contributed by atoms with E-state index in [-0.39, 0.29) is 21.7 Å². The Balaban J connectivity index is 2.40. The topological polar surface area (TPSA) is 66.6 Å². The van der Waals surface area contributed by atoms with Crippen molar-refractivity contribution in [1.29, 1.82) is 0 Å². The molecule has 2 aromatic rings. The van der Waals surface area contributed by atoms with Gasteiger partial charge in [0.1, 0.15) is 10.7 Å². The van der Waals surface area contributed by atoms with E-state index in [1.165, 1.54) is 23.1 Å². The molecule has 6 heteroatoms. The number of rotatable bonds is 3. The zero-order valence-corrected chi connectivity index (χ0v) is 12.8. The number of thiocarbonyl (C=S) groups is 1. The van der Waals surface area contributed by atoms with Crippen LogP contribution in [0.1, 0.15) is 15.9 Å². The van der Waals surface area contributed by atoms with Gasteiger partial charge in [-0.3, -0.25) is 4.79 Å². The third-order valence-corrected chi connectivity index (χ3v) is 3.55. The zero-order valence-electron chi connectivity index (χ0n) is 11.2. The number of carbonyl (C=O) groups excluding carboxylic acids is 1. The van der Waals surface area contributed by atoms with Crippen LogP contribution in [-0.4, -0.2) is 23.0 Å². The predicted octanol–water partition coefficient (Wildman–Crippen LogP) is 2.96. The van der Waals surface area contributed by atoms with E-state index in [1.807, 2.05) is 0 Å². The Labute approximate surface area is 132 Å². The second-order valence-electron chi connectivity index (χ2n) is 4.41. The third kappa shape index (κ3) is 3.15. The summed E-state index contributed by atoms with van der Waals surface area (Å²) in [5.74, 6) is -0.347. The second-order valence-corrected chi connectivity index (χ2v) is 5.26. The lowest BCUT2D eigenvalue weighted by Crippen LogP contribution is -2.28. The van der Waals surface area contributed by atoms with Crippen molar-refractivity contribution in [3.63, 3.8) is 0 Å². The smallest absolute Gasteiger partial charge is 0.258 e.